The standard InChI is InChI=1S/C15H16N2O5.C6H6O3S/c1-9-8-17(5-6-18)13(16-9)11-4-3-10(14(19)20)7-12(11)15(21)22-2;7-10(8,9)6-4-2-1-3-5-6/h3-4,7-8,18H,5-6H2,1-2H3,(H,19,20);1-5H,(H,7,8,9). The number of hydrogen-bond donors (Lipinski definition) is 3. The Morgan fingerprint density at radius 2 is 1.78 bits per heavy atom. The molecule has 0 bridgehead atoms. The molecule has 0 atom stereocenters. The van der Waals surface area contributed by atoms with Gasteiger partial charge < -0.3 is 19.5 Å². The number of carboxylic acid groups (broad SMARTS) is 1. The van der Waals surface area contributed by atoms with E-state index in [1.165, 1.54) is 37.4 Å². The molecule has 0 saturated carbocycles. The molecule has 32 heavy (non-hydrogen) atoms. The summed E-state index contributed by atoms with van der Waals surface area (Å²) in [5.74, 6) is -1.30. The zero-order valence-corrected chi connectivity index (χ0v) is 18.1. The summed E-state index contributed by atoms with van der Waals surface area (Å²) in [5, 5.41) is 18.2. The number of benzene rings is 2. The van der Waals surface area contributed by atoms with Gasteiger partial charge in [-0.3, -0.25) is 4.55 Å². The molecule has 0 aliphatic rings. The van der Waals surface area contributed by atoms with Gasteiger partial charge in [0.1, 0.15) is 5.82 Å². The highest BCUT2D eigenvalue weighted by Crippen LogP contribution is 2.25. The predicted molar refractivity (Wildman–Crippen MR) is 114 cm³/mol. The van der Waals surface area contributed by atoms with Crippen molar-refractivity contribution in [1.82, 2.24) is 9.55 Å². The Balaban J connectivity index is 0.000000303. The van der Waals surface area contributed by atoms with E-state index in [4.69, 9.17) is 19.5 Å². The third kappa shape index (κ3) is 6.23. The number of aliphatic hydroxyl groups excluding tert-OH is 1. The highest BCUT2D eigenvalue weighted by molar-refractivity contribution is 7.85. The molecule has 2 aromatic carbocycles. The van der Waals surface area contributed by atoms with Crippen LogP contribution in [0, 0.1) is 6.92 Å². The second-order valence-electron chi connectivity index (χ2n) is 6.47. The van der Waals surface area contributed by atoms with Gasteiger partial charge in [-0.2, -0.15) is 8.42 Å². The number of aromatic nitrogens is 2. The van der Waals surface area contributed by atoms with Crippen molar-refractivity contribution in [1.29, 1.82) is 0 Å². The number of carboxylic acids is 1. The van der Waals surface area contributed by atoms with Gasteiger partial charge >= 0.3 is 11.9 Å². The van der Waals surface area contributed by atoms with Crippen molar-refractivity contribution in [2.45, 2.75) is 18.4 Å². The van der Waals surface area contributed by atoms with Crippen LogP contribution in [0.2, 0.25) is 0 Å². The van der Waals surface area contributed by atoms with E-state index in [0.29, 0.717) is 17.9 Å². The average molecular weight is 462 g/mol. The number of methoxy groups -OCH3 is 1. The van der Waals surface area contributed by atoms with Gasteiger partial charge in [0, 0.05) is 18.3 Å². The number of carbonyl (C=O) groups excluding carboxylic acids is 1. The molecule has 0 unspecified atom stereocenters. The molecular weight excluding hydrogens is 440 g/mol. The highest BCUT2D eigenvalue weighted by Gasteiger charge is 2.20. The minimum atomic E-state index is -4.00. The summed E-state index contributed by atoms with van der Waals surface area (Å²) in [4.78, 5) is 27.3. The molecule has 1 aromatic heterocycles. The number of aromatic carboxylic acids is 1. The Bertz CT molecular complexity index is 1200. The van der Waals surface area contributed by atoms with Crippen LogP contribution in [-0.2, 0) is 21.4 Å². The van der Waals surface area contributed by atoms with E-state index < -0.39 is 22.1 Å². The van der Waals surface area contributed by atoms with E-state index in [2.05, 4.69) is 4.98 Å². The number of rotatable bonds is 6. The lowest BCUT2D eigenvalue weighted by Gasteiger charge is -2.10. The molecular formula is C21H22N2O8S. The Morgan fingerprint density at radius 3 is 2.28 bits per heavy atom. The average Bonchev–Trinajstić information content (AvgIpc) is 3.13. The molecule has 0 amide bonds. The SMILES string of the molecule is COC(=O)c1cc(C(=O)O)ccc1-c1nc(C)cn1CCO.O=S(=O)(O)c1ccccc1. The first-order valence-electron chi connectivity index (χ1n) is 9.21. The fourth-order valence-corrected chi connectivity index (χ4v) is 3.28. The minimum Gasteiger partial charge on any atom is -0.478 e. The van der Waals surface area contributed by atoms with Crippen molar-refractivity contribution in [3.63, 3.8) is 0 Å². The molecule has 0 saturated heterocycles. The van der Waals surface area contributed by atoms with Crippen LogP contribution in [0.4, 0.5) is 0 Å². The van der Waals surface area contributed by atoms with E-state index >= 15 is 0 Å². The van der Waals surface area contributed by atoms with Gasteiger partial charge in [-0.1, -0.05) is 18.2 Å². The fraction of sp³-hybridized carbons (Fsp3) is 0.190. The molecule has 0 spiro atoms. The monoisotopic (exact) mass is 462 g/mol. The maximum atomic E-state index is 12.0. The second-order valence-corrected chi connectivity index (χ2v) is 7.89. The van der Waals surface area contributed by atoms with Gasteiger partial charge in [0.15, 0.2) is 0 Å². The third-order valence-electron chi connectivity index (χ3n) is 4.19. The molecule has 0 aliphatic carbocycles. The number of nitrogens with zero attached hydrogens (tertiary/aromatic N) is 2. The molecule has 0 fully saturated rings. The van der Waals surface area contributed by atoms with Gasteiger partial charge in [0.2, 0.25) is 0 Å². The fourth-order valence-electron chi connectivity index (χ4n) is 2.78. The Kier molecular flexibility index (Phi) is 8.24. The molecule has 1 heterocycles. The lowest BCUT2D eigenvalue weighted by molar-refractivity contribution is 0.0601. The van der Waals surface area contributed by atoms with Crippen molar-refractivity contribution in [3.05, 3.63) is 71.5 Å². The maximum Gasteiger partial charge on any atom is 0.338 e. The van der Waals surface area contributed by atoms with E-state index in [1.807, 2.05) is 0 Å². The summed E-state index contributed by atoms with van der Waals surface area (Å²) < 4.78 is 35.7. The summed E-state index contributed by atoms with van der Waals surface area (Å²) in [6.45, 7) is 2.03. The largest absolute Gasteiger partial charge is 0.478 e. The first-order valence-corrected chi connectivity index (χ1v) is 10.7. The Labute approximate surface area is 184 Å². The smallest absolute Gasteiger partial charge is 0.338 e. The number of ether oxygens (including phenoxy) is 1. The highest BCUT2D eigenvalue weighted by atomic mass is 32.2. The summed E-state index contributed by atoms with van der Waals surface area (Å²) in [6.07, 6.45) is 1.75. The van der Waals surface area contributed by atoms with Crippen LogP contribution in [0.1, 0.15) is 26.4 Å². The first-order chi connectivity index (χ1) is 15.1. The third-order valence-corrected chi connectivity index (χ3v) is 5.06. The molecule has 11 heteroatoms. The first kappa shape index (κ1) is 24.7. The summed E-state index contributed by atoms with van der Waals surface area (Å²) in [6, 6.07) is 11.6. The number of aliphatic hydroxyl groups is 1. The van der Waals surface area contributed by atoms with Gasteiger partial charge in [0.25, 0.3) is 10.1 Å². The number of imidazole rings is 1. The second kappa shape index (κ2) is 10.7. The quantitative estimate of drug-likeness (QED) is 0.369. The van der Waals surface area contributed by atoms with Crippen LogP contribution >= 0.6 is 0 Å². The van der Waals surface area contributed by atoms with Gasteiger partial charge in [0.05, 0.1) is 35.4 Å². The lowest BCUT2D eigenvalue weighted by atomic mass is 10.0. The van der Waals surface area contributed by atoms with Crippen molar-refractivity contribution < 1.29 is 37.5 Å². The summed E-state index contributed by atoms with van der Waals surface area (Å²) >= 11 is 0. The van der Waals surface area contributed by atoms with E-state index in [0.717, 1.165) is 5.69 Å². The molecule has 170 valence electrons. The van der Waals surface area contributed by atoms with Crippen LogP contribution < -0.4 is 0 Å². The van der Waals surface area contributed by atoms with Gasteiger partial charge in [-0.15, -0.1) is 0 Å². The molecule has 3 N–H and O–H groups in total. The molecule has 3 rings (SSSR count). The van der Waals surface area contributed by atoms with Crippen LogP contribution in [-0.4, -0.2) is 58.4 Å². The van der Waals surface area contributed by atoms with E-state index in [1.54, 1.807) is 35.9 Å². The van der Waals surface area contributed by atoms with Gasteiger partial charge in [-0.05, 0) is 37.3 Å². The van der Waals surface area contributed by atoms with Crippen LogP contribution in [0.25, 0.3) is 11.4 Å². The predicted octanol–water partition coefficient (Wildman–Crippen LogP) is 2.27. The maximum absolute atomic E-state index is 12.0. The molecule has 3 aromatic rings. The summed E-state index contributed by atoms with van der Waals surface area (Å²) in [5.41, 5.74) is 1.29. The van der Waals surface area contributed by atoms with E-state index in [-0.39, 0.29) is 22.6 Å². The van der Waals surface area contributed by atoms with E-state index in [9.17, 15) is 18.0 Å². The van der Waals surface area contributed by atoms with Crippen molar-refractivity contribution in [3.8, 4) is 11.4 Å². The Morgan fingerprint density at radius 1 is 1.12 bits per heavy atom. The summed E-state index contributed by atoms with van der Waals surface area (Å²) in [7, 11) is -2.78. The number of hydrogen-bond acceptors (Lipinski definition) is 7. The van der Waals surface area contributed by atoms with Crippen molar-refractivity contribution >= 4 is 22.1 Å². The minimum absolute atomic E-state index is 0.0128. The van der Waals surface area contributed by atoms with Crippen molar-refractivity contribution in [2.75, 3.05) is 13.7 Å². The topological polar surface area (TPSA) is 156 Å². The van der Waals surface area contributed by atoms with Crippen LogP contribution in [0.3, 0.4) is 0 Å². The zero-order valence-electron chi connectivity index (χ0n) is 17.3. The molecule has 0 aliphatic heterocycles. The van der Waals surface area contributed by atoms with Crippen LogP contribution in [0.5, 0.6) is 0 Å². The van der Waals surface area contributed by atoms with Gasteiger partial charge in [-0.25, -0.2) is 14.6 Å². The zero-order chi connectivity index (χ0) is 23.9. The number of aryl methyl sites for hydroxylation is 1. The number of carbonyl (C=O) groups is 2. The van der Waals surface area contributed by atoms with Crippen LogP contribution in [0.15, 0.2) is 59.6 Å². The normalized spacial score (nSPS) is 10.8. The Hall–Kier alpha value is -3.54. The lowest BCUT2D eigenvalue weighted by Crippen LogP contribution is -2.10. The van der Waals surface area contributed by atoms with Crippen molar-refractivity contribution in [2.24, 2.45) is 0 Å². The molecule has 10 nitrogen and oxygen atoms in total. The molecule has 0 radical (unpaired) electrons. The number of esters is 1.